The largest absolute Gasteiger partial charge is 0.341 e. The highest BCUT2D eigenvalue weighted by Gasteiger charge is 2.25. The molecule has 2 unspecified atom stereocenters. The first-order valence-electron chi connectivity index (χ1n) is 7.29. The third-order valence-corrected chi connectivity index (χ3v) is 3.85. The number of hydrogen-bond donors (Lipinski definition) is 1. The Morgan fingerprint density at radius 3 is 2.30 bits per heavy atom. The molecule has 0 spiro atoms. The van der Waals surface area contributed by atoms with Crippen LogP contribution in [0.4, 0.5) is 4.39 Å². The third-order valence-electron chi connectivity index (χ3n) is 3.85. The Balaban J connectivity index is 0.00000264. The number of carbonyl (C=O) groups excluding carboxylic acids is 1. The Morgan fingerprint density at radius 1 is 1.13 bits per heavy atom. The van der Waals surface area contributed by atoms with Crippen molar-refractivity contribution in [3.8, 4) is 0 Å². The molecule has 0 aliphatic carbocycles. The topological polar surface area (TPSA) is 46.3 Å². The van der Waals surface area contributed by atoms with Gasteiger partial charge in [-0.2, -0.15) is 0 Å². The molecular formula is C18H22ClFN2O. The zero-order valence-electron chi connectivity index (χ0n) is 13.3. The molecule has 0 aromatic heterocycles. The maximum absolute atomic E-state index is 13.7. The maximum Gasteiger partial charge on any atom is 0.227 e. The predicted molar refractivity (Wildman–Crippen MR) is 92.7 cm³/mol. The molecule has 2 N–H and O–H groups in total. The van der Waals surface area contributed by atoms with Crippen LogP contribution < -0.4 is 5.73 Å². The number of rotatable bonds is 5. The summed E-state index contributed by atoms with van der Waals surface area (Å²) in [6.45, 7) is 2.04. The number of carbonyl (C=O) groups is 1. The van der Waals surface area contributed by atoms with Crippen molar-refractivity contribution in [3.63, 3.8) is 0 Å². The van der Waals surface area contributed by atoms with E-state index in [1.54, 1.807) is 32.2 Å². The molecule has 2 atom stereocenters. The van der Waals surface area contributed by atoms with Gasteiger partial charge in [0.15, 0.2) is 0 Å². The molecule has 0 aliphatic rings. The predicted octanol–water partition coefficient (Wildman–Crippen LogP) is 3.54. The second kappa shape index (κ2) is 8.65. The van der Waals surface area contributed by atoms with Crippen LogP contribution in [0.3, 0.4) is 0 Å². The van der Waals surface area contributed by atoms with Gasteiger partial charge in [-0.15, -0.1) is 12.4 Å². The molecule has 0 radical (unpaired) electrons. The van der Waals surface area contributed by atoms with Crippen molar-refractivity contribution in [2.24, 2.45) is 11.7 Å². The molecule has 0 bridgehead atoms. The van der Waals surface area contributed by atoms with Crippen molar-refractivity contribution in [2.75, 3.05) is 7.05 Å². The molecule has 5 heteroatoms. The zero-order valence-corrected chi connectivity index (χ0v) is 14.1. The summed E-state index contributed by atoms with van der Waals surface area (Å²) in [5.41, 5.74) is 7.60. The minimum Gasteiger partial charge on any atom is -0.341 e. The van der Waals surface area contributed by atoms with E-state index in [0.717, 1.165) is 5.56 Å². The standard InChI is InChI=1S/C18H21FN2O.ClH/c1-13(17(20)14-8-4-3-5-9-14)18(22)21(2)12-15-10-6-7-11-16(15)19;/h3-11,13,17H,12,20H2,1-2H3;1H. The van der Waals surface area contributed by atoms with Crippen LogP contribution in [0.2, 0.25) is 0 Å². The highest BCUT2D eigenvalue weighted by atomic mass is 35.5. The Labute approximate surface area is 142 Å². The summed E-state index contributed by atoms with van der Waals surface area (Å²) in [6.07, 6.45) is 0. The number of halogens is 2. The molecule has 2 aromatic carbocycles. The van der Waals surface area contributed by atoms with Crippen molar-refractivity contribution in [3.05, 3.63) is 71.5 Å². The summed E-state index contributed by atoms with van der Waals surface area (Å²) in [6, 6.07) is 15.6. The molecular weight excluding hydrogens is 315 g/mol. The van der Waals surface area contributed by atoms with Crippen molar-refractivity contribution >= 4 is 18.3 Å². The van der Waals surface area contributed by atoms with E-state index >= 15 is 0 Å². The molecule has 0 saturated carbocycles. The van der Waals surface area contributed by atoms with Gasteiger partial charge in [-0.1, -0.05) is 55.5 Å². The van der Waals surface area contributed by atoms with Crippen LogP contribution in [0, 0.1) is 11.7 Å². The second-order valence-electron chi connectivity index (χ2n) is 5.51. The summed E-state index contributed by atoms with van der Waals surface area (Å²) in [5.74, 6) is -0.777. The summed E-state index contributed by atoms with van der Waals surface area (Å²) in [5, 5.41) is 0. The van der Waals surface area contributed by atoms with Gasteiger partial charge in [0.2, 0.25) is 5.91 Å². The Hall–Kier alpha value is -1.91. The average Bonchev–Trinajstić information content (AvgIpc) is 2.55. The maximum atomic E-state index is 13.7. The van der Waals surface area contributed by atoms with E-state index in [1.165, 1.54) is 11.0 Å². The van der Waals surface area contributed by atoms with Crippen LogP contribution >= 0.6 is 12.4 Å². The second-order valence-corrected chi connectivity index (χ2v) is 5.51. The molecule has 0 fully saturated rings. The van der Waals surface area contributed by atoms with Crippen molar-refractivity contribution in [1.82, 2.24) is 4.90 Å². The minimum atomic E-state index is -0.378. The lowest BCUT2D eigenvalue weighted by molar-refractivity contribution is -0.134. The van der Waals surface area contributed by atoms with Crippen LogP contribution in [0.15, 0.2) is 54.6 Å². The van der Waals surface area contributed by atoms with E-state index in [4.69, 9.17) is 5.73 Å². The number of nitrogens with zero attached hydrogens (tertiary/aromatic N) is 1. The van der Waals surface area contributed by atoms with Crippen LogP contribution in [-0.4, -0.2) is 17.9 Å². The lowest BCUT2D eigenvalue weighted by Gasteiger charge is -2.25. The number of benzene rings is 2. The number of nitrogens with two attached hydrogens (primary N) is 1. The van der Waals surface area contributed by atoms with Gasteiger partial charge < -0.3 is 10.6 Å². The fraction of sp³-hybridized carbons (Fsp3) is 0.278. The monoisotopic (exact) mass is 336 g/mol. The van der Waals surface area contributed by atoms with Crippen molar-refractivity contribution in [1.29, 1.82) is 0 Å². The lowest BCUT2D eigenvalue weighted by Crippen LogP contribution is -2.36. The van der Waals surface area contributed by atoms with Crippen molar-refractivity contribution < 1.29 is 9.18 Å². The molecule has 0 saturated heterocycles. The summed E-state index contributed by atoms with van der Waals surface area (Å²) in [7, 11) is 1.67. The first kappa shape index (κ1) is 19.1. The summed E-state index contributed by atoms with van der Waals surface area (Å²) >= 11 is 0. The first-order chi connectivity index (χ1) is 10.5. The summed E-state index contributed by atoms with van der Waals surface area (Å²) < 4.78 is 13.7. The van der Waals surface area contributed by atoms with Gasteiger partial charge in [0.05, 0.1) is 5.92 Å². The summed E-state index contributed by atoms with van der Waals surface area (Å²) in [4.78, 5) is 14.0. The normalized spacial score (nSPS) is 12.9. The van der Waals surface area contributed by atoms with Crippen LogP contribution in [0.5, 0.6) is 0 Å². The third kappa shape index (κ3) is 4.78. The number of amides is 1. The van der Waals surface area contributed by atoms with Crippen LogP contribution in [0.25, 0.3) is 0 Å². The highest BCUT2D eigenvalue weighted by Crippen LogP contribution is 2.21. The Morgan fingerprint density at radius 2 is 1.70 bits per heavy atom. The highest BCUT2D eigenvalue weighted by molar-refractivity contribution is 5.85. The van der Waals surface area contributed by atoms with E-state index in [2.05, 4.69) is 0 Å². The molecule has 23 heavy (non-hydrogen) atoms. The molecule has 0 aliphatic heterocycles. The van der Waals surface area contributed by atoms with E-state index in [1.807, 2.05) is 30.3 Å². The lowest BCUT2D eigenvalue weighted by atomic mass is 9.94. The van der Waals surface area contributed by atoms with Gasteiger partial charge in [-0.3, -0.25) is 4.79 Å². The van der Waals surface area contributed by atoms with Crippen molar-refractivity contribution in [2.45, 2.75) is 19.5 Å². The number of hydrogen-bond acceptors (Lipinski definition) is 2. The SMILES string of the molecule is CC(C(=O)N(C)Cc1ccccc1F)C(N)c1ccccc1.Cl. The quantitative estimate of drug-likeness (QED) is 0.907. The smallest absolute Gasteiger partial charge is 0.227 e. The van der Waals surface area contributed by atoms with Gasteiger partial charge in [0, 0.05) is 25.2 Å². The van der Waals surface area contributed by atoms with Gasteiger partial charge in [-0.25, -0.2) is 4.39 Å². The minimum absolute atomic E-state index is 0. The molecule has 1 amide bonds. The van der Waals surface area contributed by atoms with E-state index in [9.17, 15) is 9.18 Å². The van der Waals surface area contributed by atoms with E-state index < -0.39 is 0 Å². The molecule has 124 valence electrons. The molecule has 2 aromatic rings. The van der Waals surface area contributed by atoms with Gasteiger partial charge >= 0.3 is 0 Å². The fourth-order valence-electron chi connectivity index (χ4n) is 2.43. The average molecular weight is 337 g/mol. The Kier molecular flexibility index (Phi) is 7.20. The van der Waals surface area contributed by atoms with E-state index in [0.29, 0.717) is 5.56 Å². The van der Waals surface area contributed by atoms with Crippen LogP contribution in [0.1, 0.15) is 24.1 Å². The molecule has 2 rings (SSSR count). The van der Waals surface area contributed by atoms with Gasteiger partial charge in [-0.05, 0) is 11.6 Å². The fourth-order valence-corrected chi connectivity index (χ4v) is 2.43. The Bertz CT molecular complexity index is 636. The zero-order chi connectivity index (χ0) is 16.1. The van der Waals surface area contributed by atoms with E-state index in [-0.39, 0.29) is 42.6 Å². The molecule has 3 nitrogen and oxygen atoms in total. The first-order valence-corrected chi connectivity index (χ1v) is 7.29. The van der Waals surface area contributed by atoms with Gasteiger partial charge in [0.25, 0.3) is 0 Å². The van der Waals surface area contributed by atoms with Gasteiger partial charge in [0.1, 0.15) is 5.82 Å². The molecule has 0 heterocycles. The van der Waals surface area contributed by atoms with Crippen LogP contribution in [-0.2, 0) is 11.3 Å².